The summed E-state index contributed by atoms with van der Waals surface area (Å²) < 4.78 is 43.8. The summed E-state index contributed by atoms with van der Waals surface area (Å²) in [6.07, 6.45) is -3.34. The van der Waals surface area contributed by atoms with E-state index in [1.54, 1.807) is 0 Å². The van der Waals surface area contributed by atoms with Crippen LogP contribution >= 0.6 is 11.3 Å². The summed E-state index contributed by atoms with van der Waals surface area (Å²) in [6.45, 7) is 3.56. The van der Waals surface area contributed by atoms with Crippen molar-refractivity contribution in [2.75, 3.05) is 7.11 Å². The van der Waals surface area contributed by atoms with E-state index in [1.807, 2.05) is 13.8 Å². The predicted octanol–water partition coefficient (Wildman–Crippen LogP) is 3.28. The van der Waals surface area contributed by atoms with E-state index in [2.05, 4.69) is 4.98 Å². The molecule has 3 nitrogen and oxygen atoms in total. The van der Waals surface area contributed by atoms with E-state index in [-0.39, 0.29) is 11.4 Å². The van der Waals surface area contributed by atoms with Crippen molar-refractivity contribution in [3.63, 3.8) is 0 Å². The van der Waals surface area contributed by atoms with Gasteiger partial charge in [-0.25, -0.2) is 4.98 Å². The van der Waals surface area contributed by atoms with Crippen molar-refractivity contribution >= 4 is 11.3 Å². The lowest BCUT2D eigenvalue weighted by Crippen LogP contribution is -2.26. The molecule has 0 amide bonds. The van der Waals surface area contributed by atoms with Crippen molar-refractivity contribution in [2.45, 2.75) is 45.0 Å². The number of methoxy groups -OCH3 is 1. The number of thiazole rings is 1. The van der Waals surface area contributed by atoms with Crippen molar-refractivity contribution in [3.05, 3.63) is 15.6 Å². The summed E-state index contributed by atoms with van der Waals surface area (Å²) in [7, 11) is 1.49. The minimum Gasteiger partial charge on any atom is -0.371 e. The lowest BCUT2D eigenvalue weighted by molar-refractivity contribution is -0.141. The normalized spacial score (nSPS) is 13.1. The Bertz CT molecular complexity index is 391. The molecule has 0 bridgehead atoms. The standard InChI is InChI=1S/C11H17F3N2OS/c1-4-10(5-2,17-3)9-16-8(11(12,13)14)7(6-15)18-9/h4-6,15H2,1-3H3. The van der Waals surface area contributed by atoms with Crippen LogP contribution in [0.2, 0.25) is 0 Å². The van der Waals surface area contributed by atoms with E-state index in [0.717, 1.165) is 11.3 Å². The average Bonchev–Trinajstić information content (AvgIpc) is 2.77. The molecule has 18 heavy (non-hydrogen) atoms. The van der Waals surface area contributed by atoms with Gasteiger partial charge in [0.2, 0.25) is 0 Å². The summed E-state index contributed by atoms with van der Waals surface area (Å²) >= 11 is 0.986. The molecule has 0 aliphatic carbocycles. The topological polar surface area (TPSA) is 48.1 Å². The first-order valence-corrected chi connectivity index (χ1v) is 6.48. The van der Waals surface area contributed by atoms with Crippen LogP contribution in [0.3, 0.4) is 0 Å². The maximum atomic E-state index is 12.8. The summed E-state index contributed by atoms with van der Waals surface area (Å²) in [5, 5.41) is 0.350. The van der Waals surface area contributed by atoms with Crippen molar-refractivity contribution in [2.24, 2.45) is 5.73 Å². The quantitative estimate of drug-likeness (QED) is 0.901. The Morgan fingerprint density at radius 3 is 2.11 bits per heavy atom. The van der Waals surface area contributed by atoms with Gasteiger partial charge < -0.3 is 10.5 Å². The van der Waals surface area contributed by atoms with Gasteiger partial charge in [0.25, 0.3) is 0 Å². The van der Waals surface area contributed by atoms with Gasteiger partial charge in [-0.2, -0.15) is 13.2 Å². The Labute approximate surface area is 108 Å². The molecule has 0 aliphatic rings. The van der Waals surface area contributed by atoms with Gasteiger partial charge in [0.05, 0.1) is 4.88 Å². The van der Waals surface area contributed by atoms with E-state index in [4.69, 9.17) is 10.5 Å². The minimum absolute atomic E-state index is 0.0563. The first-order chi connectivity index (χ1) is 8.34. The average molecular weight is 282 g/mol. The highest BCUT2D eigenvalue weighted by Gasteiger charge is 2.40. The maximum absolute atomic E-state index is 12.8. The maximum Gasteiger partial charge on any atom is 0.434 e. The number of nitrogens with zero attached hydrogens (tertiary/aromatic N) is 1. The van der Waals surface area contributed by atoms with Crippen LogP contribution in [0, 0.1) is 0 Å². The molecule has 7 heteroatoms. The second kappa shape index (κ2) is 5.54. The van der Waals surface area contributed by atoms with Crippen molar-refractivity contribution in [3.8, 4) is 0 Å². The van der Waals surface area contributed by atoms with E-state index in [1.165, 1.54) is 7.11 Å². The summed E-state index contributed by atoms with van der Waals surface area (Å²) in [5.41, 5.74) is 3.72. The molecule has 1 heterocycles. The molecule has 0 saturated carbocycles. The van der Waals surface area contributed by atoms with Crippen LogP contribution in [-0.2, 0) is 23.1 Å². The van der Waals surface area contributed by atoms with Gasteiger partial charge in [-0.15, -0.1) is 11.3 Å². The largest absolute Gasteiger partial charge is 0.434 e. The molecule has 0 spiro atoms. The van der Waals surface area contributed by atoms with Gasteiger partial charge in [0.1, 0.15) is 10.6 Å². The SMILES string of the molecule is CCC(CC)(OC)c1nc(C(F)(F)F)c(CN)s1. The number of rotatable bonds is 5. The van der Waals surface area contributed by atoms with Crippen LogP contribution in [0.15, 0.2) is 0 Å². The molecule has 0 radical (unpaired) electrons. The van der Waals surface area contributed by atoms with Crippen LogP contribution < -0.4 is 5.73 Å². The predicted molar refractivity (Wildman–Crippen MR) is 64.3 cm³/mol. The lowest BCUT2D eigenvalue weighted by atomic mass is 9.98. The second-order valence-corrected chi connectivity index (χ2v) is 4.98. The van der Waals surface area contributed by atoms with Gasteiger partial charge in [-0.3, -0.25) is 0 Å². The van der Waals surface area contributed by atoms with Crippen LogP contribution in [0.1, 0.15) is 42.3 Å². The Morgan fingerprint density at radius 2 is 1.83 bits per heavy atom. The van der Waals surface area contributed by atoms with Crippen LogP contribution in [0.4, 0.5) is 13.2 Å². The lowest BCUT2D eigenvalue weighted by Gasteiger charge is -2.27. The van der Waals surface area contributed by atoms with Crippen LogP contribution in [0.5, 0.6) is 0 Å². The van der Waals surface area contributed by atoms with Gasteiger partial charge in [-0.1, -0.05) is 13.8 Å². The molecule has 1 aromatic rings. The molecular formula is C11H17F3N2OS. The third kappa shape index (κ3) is 2.67. The van der Waals surface area contributed by atoms with E-state index >= 15 is 0 Å². The zero-order valence-electron chi connectivity index (χ0n) is 10.6. The molecule has 0 aliphatic heterocycles. The van der Waals surface area contributed by atoms with Gasteiger partial charge in [0, 0.05) is 13.7 Å². The van der Waals surface area contributed by atoms with E-state index in [0.29, 0.717) is 17.8 Å². The molecule has 2 N–H and O–H groups in total. The summed E-state index contributed by atoms with van der Waals surface area (Å²) in [5.74, 6) is 0. The Morgan fingerprint density at radius 1 is 1.28 bits per heavy atom. The molecule has 0 atom stereocenters. The molecule has 0 fully saturated rings. The van der Waals surface area contributed by atoms with Crippen molar-refractivity contribution in [1.29, 1.82) is 0 Å². The fraction of sp³-hybridized carbons (Fsp3) is 0.727. The van der Waals surface area contributed by atoms with Crippen molar-refractivity contribution < 1.29 is 17.9 Å². The molecule has 0 unspecified atom stereocenters. The monoisotopic (exact) mass is 282 g/mol. The fourth-order valence-electron chi connectivity index (χ4n) is 1.83. The minimum atomic E-state index is -4.47. The van der Waals surface area contributed by atoms with E-state index in [9.17, 15) is 13.2 Å². The smallest absolute Gasteiger partial charge is 0.371 e. The number of hydrogen-bond acceptors (Lipinski definition) is 4. The van der Waals surface area contributed by atoms with E-state index < -0.39 is 17.5 Å². The number of alkyl halides is 3. The summed E-state index contributed by atoms with van der Waals surface area (Å²) in [4.78, 5) is 3.78. The second-order valence-electron chi connectivity index (χ2n) is 3.90. The molecule has 1 rings (SSSR count). The van der Waals surface area contributed by atoms with Crippen molar-refractivity contribution in [1.82, 2.24) is 4.98 Å². The number of halogens is 3. The third-order valence-electron chi connectivity index (χ3n) is 3.07. The number of ether oxygens (including phenoxy) is 1. The Balaban J connectivity index is 3.31. The molecular weight excluding hydrogens is 265 g/mol. The van der Waals surface area contributed by atoms with Gasteiger partial charge in [0.15, 0.2) is 5.69 Å². The highest BCUT2D eigenvalue weighted by Crippen LogP contribution is 2.40. The molecule has 0 aromatic carbocycles. The number of hydrogen-bond donors (Lipinski definition) is 1. The Kier molecular flexibility index (Phi) is 4.74. The zero-order chi connectivity index (χ0) is 14.0. The summed E-state index contributed by atoms with van der Waals surface area (Å²) in [6, 6.07) is 0. The number of aromatic nitrogens is 1. The zero-order valence-corrected chi connectivity index (χ0v) is 11.4. The first-order valence-electron chi connectivity index (χ1n) is 5.67. The molecule has 0 saturated heterocycles. The van der Waals surface area contributed by atoms with Crippen LogP contribution in [0.25, 0.3) is 0 Å². The van der Waals surface area contributed by atoms with Gasteiger partial charge >= 0.3 is 6.18 Å². The highest BCUT2D eigenvalue weighted by atomic mass is 32.1. The molecule has 1 aromatic heterocycles. The third-order valence-corrected chi connectivity index (χ3v) is 4.34. The number of nitrogens with two attached hydrogens (primary N) is 1. The van der Waals surface area contributed by atoms with Crippen LogP contribution in [-0.4, -0.2) is 12.1 Å². The molecule has 104 valence electrons. The van der Waals surface area contributed by atoms with Gasteiger partial charge in [-0.05, 0) is 12.8 Å². The highest BCUT2D eigenvalue weighted by molar-refractivity contribution is 7.11. The fourth-order valence-corrected chi connectivity index (χ4v) is 3.10. The Hall–Kier alpha value is -0.660. The first kappa shape index (κ1) is 15.4.